The van der Waals surface area contributed by atoms with Crippen molar-refractivity contribution in [2.24, 2.45) is 0 Å². The molecule has 0 rings (SSSR count). The van der Waals surface area contributed by atoms with Gasteiger partial charge in [0.1, 0.15) is 6.04 Å². The third-order valence-electron chi connectivity index (χ3n) is 1.01. The predicted octanol–water partition coefficient (Wildman–Crippen LogP) is -1.14. The molecule has 1 atom stereocenters. The summed E-state index contributed by atoms with van der Waals surface area (Å²) in [5.74, 6) is -3.51. The molecule has 6 heteroatoms. The molecule has 0 aliphatic heterocycles. The second-order valence-electron chi connectivity index (χ2n) is 2.06. The maximum Gasteiger partial charge on any atom is 0.326 e. The van der Waals surface area contributed by atoms with Gasteiger partial charge in [-0.05, 0) is 0 Å². The van der Waals surface area contributed by atoms with Gasteiger partial charge in [0.05, 0.1) is 6.42 Å². The van der Waals surface area contributed by atoms with Gasteiger partial charge < -0.3 is 15.5 Å². The Labute approximate surface area is 68.2 Å². The van der Waals surface area contributed by atoms with Crippen molar-refractivity contribution in [2.75, 3.05) is 0 Å². The number of carboxylic acid groups (broad SMARTS) is 2. The van der Waals surface area contributed by atoms with Crippen molar-refractivity contribution in [2.45, 2.75) is 12.5 Å². The Hall–Kier alpha value is -1.59. The molecule has 12 heavy (non-hydrogen) atoms. The van der Waals surface area contributed by atoms with Crippen molar-refractivity contribution >= 4 is 17.8 Å². The third-order valence-corrected chi connectivity index (χ3v) is 1.01. The zero-order chi connectivity index (χ0) is 9.72. The van der Waals surface area contributed by atoms with Crippen LogP contribution in [-0.2, 0) is 14.4 Å². The number of carbonyl (C=O) groups is 3. The molecule has 67 valence electrons. The van der Waals surface area contributed by atoms with Crippen molar-refractivity contribution in [3.05, 3.63) is 6.92 Å². The fraction of sp³-hybridized carbons (Fsp3) is 0.333. The number of hydrogen-bond acceptors (Lipinski definition) is 3. The summed E-state index contributed by atoms with van der Waals surface area (Å²) in [4.78, 5) is 30.6. The van der Waals surface area contributed by atoms with E-state index in [1.54, 1.807) is 0 Å². The molecule has 1 unspecified atom stereocenters. The van der Waals surface area contributed by atoms with Crippen LogP contribution in [0.3, 0.4) is 0 Å². The van der Waals surface area contributed by atoms with Gasteiger partial charge in [0.15, 0.2) is 0 Å². The summed E-state index contributed by atoms with van der Waals surface area (Å²) >= 11 is 0. The Morgan fingerprint density at radius 2 is 1.83 bits per heavy atom. The second-order valence-corrected chi connectivity index (χ2v) is 2.06. The summed E-state index contributed by atoms with van der Waals surface area (Å²) < 4.78 is 0. The molecule has 1 amide bonds. The van der Waals surface area contributed by atoms with Gasteiger partial charge in [-0.15, -0.1) is 0 Å². The first-order valence-electron chi connectivity index (χ1n) is 3.00. The minimum Gasteiger partial charge on any atom is -0.481 e. The zero-order valence-electron chi connectivity index (χ0n) is 6.11. The Morgan fingerprint density at radius 1 is 1.33 bits per heavy atom. The number of carbonyl (C=O) groups excluding carboxylic acids is 1. The minimum atomic E-state index is -1.41. The first kappa shape index (κ1) is 10.4. The van der Waals surface area contributed by atoms with Crippen LogP contribution in [0.15, 0.2) is 0 Å². The van der Waals surface area contributed by atoms with E-state index in [9.17, 15) is 14.4 Å². The zero-order valence-corrected chi connectivity index (χ0v) is 6.11. The summed E-state index contributed by atoms with van der Waals surface area (Å²) in [7, 11) is 0. The molecule has 0 aliphatic rings. The van der Waals surface area contributed by atoms with Crippen LogP contribution in [0.1, 0.15) is 6.42 Å². The topological polar surface area (TPSA) is 104 Å². The maximum atomic E-state index is 10.3. The van der Waals surface area contributed by atoms with E-state index in [4.69, 9.17) is 10.2 Å². The van der Waals surface area contributed by atoms with E-state index in [2.05, 4.69) is 6.92 Å². The van der Waals surface area contributed by atoms with Crippen molar-refractivity contribution in [3.8, 4) is 0 Å². The quantitative estimate of drug-likeness (QED) is 0.500. The van der Waals surface area contributed by atoms with Gasteiger partial charge in [-0.25, -0.2) is 4.79 Å². The van der Waals surface area contributed by atoms with Crippen LogP contribution in [0.2, 0.25) is 0 Å². The van der Waals surface area contributed by atoms with Crippen LogP contribution in [0, 0.1) is 6.92 Å². The number of rotatable bonds is 4. The van der Waals surface area contributed by atoms with E-state index in [-0.39, 0.29) is 0 Å². The molecule has 0 aliphatic carbocycles. The molecule has 3 N–H and O–H groups in total. The van der Waals surface area contributed by atoms with Gasteiger partial charge >= 0.3 is 11.9 Å². The first-order valence-corrected chi connectivity index (χ1v) is 3.00. The summed E-state index contributed by atoms with van der Waals surface area (Å²) in [6.45, 7) is 2.86. The summed E-state index contributed by atoms with van der Waals surface area (Å²) in [6, 6.07) is -1.41. The van der Waals surface area contributed by atoms with Crippen LogP contribution < -0.4 is 5.32 Å². The lowest BCUT2D eigenvalue weighted by Crippen LogP contribution is -2.41. The molecule has 0 heterocycles. The lowest BCUT2D eigenvalue weighted by molar-refractivity contribution is -0.146. The second kappa shape index (κ2) is 4.32. The van der Waals surface area contributed by atoms with Gasteiger partial charge in [-0.3, -0.25) is 9.59 Å². The summed E-state index contributed by atoms with van der Waals surface area (Å²) in [5.41, 5.74) is 0. The molecule has 0 aromatic rings. The normalized spacial score (nSPS) is 11.8. The Balaban J connectivity index is 4.14. The average Bonchev–Trinajstić information content (AvgIpc) is 1.83. The van der Waals surface area contributed by atoms with Crippen LogP contribution >= 0.6 is 0 Å². The smallest absolute Gasteiger partial charge is 0.326 e. The maximum absolute atomic E-state index is 10.3. The van der Waals surface area contributed by atoms with Crippen molar-refractivity contribution in [1.82, 2.24) is 5.32 Å². The van der Waals surface area contributed by atoms with Crippen molar-refractivity contribution in [1.29, 1.82) is 0 Å². The van der Waals surface area contributed by atoms with E-state index in [1.165, 1.54) is 0 Å². The molecule has 1 radical (unpaired) electrons. The summed E-state index contributed by atoms with van der Waals surface area (Å²) in [6.07, 6.45) is -0.656. The van der Waals surface area contributed by atoms with Crippen LogP contribution in [-0.4, -0.2) is 34.1 Å². The third kappa shape index (κ3) is 4.26. The highest BCUT2D eigenvalue weighted by Crippen LogP contribution is 1.91. The van der Waals surface area contributed by atoms with Gasteiger partial charge in [0.25, 0.3) is 0 Å². The number of aliphatic carboxylic acids is 2. The number of carboxylic acids is 2. The lowest BCUT2D eigenvalue weighted by Gasteiger charge is -2.09. The fourth-order valence-corrected chi connectivity index (χ4v) is 0.569. The van der Waals surface area contributed by atoms with E-state index in [1.807, 2.05) is 5.32 Å². The van der Waals surface area contributed by atoms with E-state index in [0.29, 0.717) is 0 Å². The molecule has 0 saturated heterocycles. The molecule has 0 saturated carbocycles. The highest BCUT2D eigenvalue weighted by Gasteiger charge is 2.21. The molecule has 0 aromatic heterocycles. The minimum absolute atomic E-state index is 0.656. The van der Waals surface area contributed by atoms with Crippen molar-refractivity contribution in [3.63, 3.8) is 0 Å². The molecule has 0 spiro atoms. The Kier molecular flexibility index (Phi) is 3.75. The van der Waals surface area contributed by atoms with Gasteiger partial charge in [-0.2, -0.15) is 0 Å². The molecular formula is C6H8NO5. The van der Waals surface area contributed by atoms with E-state index >= 15 is 0 Å². The molecule has 0 bridgehead atoms. The predicted molar refractivity (Wildman–Crippen MR) is 37.2 cm³/mol. The fourth-order valence-electron chi connectivity index (χ4n) is 0.569. The molecule has 0 fully saturated rings. The number of amides is 1. The standard InChI is InChI=1S/C6H8NO5/c1-3(8)7-4(6(11)12)2-5(9)10/h4H,1-2H2,(H,7,8)(H,9,10)(H,11,12). The Bertz CT molecular complexity index is 196. The first-order chi connectivity index (χ1) is 5.43. The Morgan fingerprint density at radius 3 is 2.08 bits per heavy atom. The number of hydrogen-bond donors (Lipinski definition) is 3. The average molecular weight is 174 g/mol. The monoisotopic (exact) mass is 174 g/mol. The van der Waals surface area contributed by atoms with Crippen LogP contribution in [0.5, 0.6) is 0 Å². The van der Waals surface area contributed by atoms with Gasteiger partial charge in [0.2, 0.25) is 5.91 Å². The van der Waals surface area contributed by atoms with Gasteiger partial charge in [0, 0.05) is 6.92 Å². The molecule has 6 nitrogen and oxygen atoms in total. The SMILES string of the molecule is [CH2]C(=O)NC(CC(=O)O)C(=O)O. The lowest BCUT2D eigenvalue weighted by atomic mass is 10.2. The molecular weight excluding hydrogens is 166 g/mol. The highest BCUT2D eigenvalue weighted by atomic mass is 16.4. The van der Waals surface area contributed by atoms with Gasteiger partial charge in [-0.1, -0.05) is 0 Å². The van der Waals surface area contributed by atoms with Crippen LogP contribution in [0.25, 0.3) is 0 Å². The van der Waals surface area contributed by atoms with Crippen molar-refractivity contribution < 1.29 is 24.6 Å². The van der Waals surface area contributed by atoms with Crippen LogP contribution in [0.4, 0.5) is 0 Å². The number of nitrogens with one attached hydrogen (secondary N) is 1. The van der Waals surface area contributed by atoms with E-state index < -0.39 is 30.3 Å². The summed E-state index contributed by atoms with van der Waals surface area (Å²) in [5, 5.41) is 18.5. The molecule has 0 aromatic carbocycles. The largest absolute Gasteiger partial charge is 0.481 e. The highest BCUT2D eigenvalue weighted by molar-refractivity contribution is 5.88. The van der Waals surface area contributed by atoms with E-state index in [0.717, 1.165) is 0 Å².